The van der Waals surface area contributed by atoms with Crippen molar-refractivity contribution in [3.05, 3.63) is 24.3 Å². The molecule has 0 saturated heterocycles. The maximum Gasteiger partial charge on any atom is 0.0602 e. The number of para-hydroxylation sites is 2. The van der Waals surface area contributed by atoms with Gasteiger partial charge < -0.3 is 10.2 Å². The van der Waals surface area contributed by atoms with Gasteiger partial charge in [0.15, 0.2) is 0 Å². The molecule has 0 unspecified atom stereocenters. The van der Waals surface area contributed by atoms with E-state index in [1.165, 1.54) is 75.8 Å². The largest absolute Gasteiger partial charge is 0.383 e. The summed E-state index contributed by atoms with van der Waals surface area (Å²) < 4.78 is 0. The summed E-state index contributed by atoms with van der Waals surface area (Å²) in [5.74, 6) is 0. The average Bonchev–Trinajstić information content (AvgIpc) is 2.69. The number of rotatable bonds is 8. The van der Waals surface area contributed by atoms with Crippen LogP contribution in [-0.4, -0.2) is 19.6 Å². The first-order valence-electron chi connectivity index (χ1n) is 8.49. The Kier molecular flexibility index (Phi) is 6.76. The molecular formula is C18H30N2. The van der Waals surface area contributed by atoms with E-state index in [-0.39, 0.29) is 0 Å². The molecule has 1 aromatic rings. The second-order valence-electron chi connectivity index (χ2n) is 5.91. The predicted octanol–water partition coefficient (Wildman–Crippen LogP) is 5.06. The van der Waals surface area contributed by atoms with Gasteiger partial charge in [-0.05, 0) is 25.0 Å². The van der Waals surface area contributed by atoms with Crippen molar-refractivity contribution in [1.82, 2.24) is 0 Å². The van der Waals surface area contributed by atoms with E-state index < -0.39 is 0 Å². The molecule has 0 aliphatic carbocycles. The van der Waals surface area contributed by atoms with E-state index in [2.05, 4.69) is 41.4 Å². The van der Waals surface area contributed by atoms with Gasteiger partial charge in [0.05, 0.1) is 11.4 Å². The molecule has 1 aliphatic heterocycles. The van der Waals surface area contributed by atoms with Crippen LogP contribution < -0.4 is 10.2 Å². The summed E-state index contributed by atoms with van der Waals surface area (Å²) in [6.45, 7) is 5.79. The molecule has 112 valence electrons. The van der Waals surface area contributed by atoms with E-state index in [9.17, 15) is 0 Å². The van der Waals surface area contributed by atoms with E-state index >= 15 is 0 Å². The van der Waals surface area contributed by atoms with Gasteiger partial charge in [-0.2, -0.15) is 0 Å². The highest BCUT2D eigenvalue weighted by molar-refractivity contribution is 5.70. The molecule has 2 nitrogen and oxygen atoms in total. The smallest absolute Gasteiger partial charge is 0.0602 e. The Labute approximate surface area is 124 Å². The van der Waals surface area contributed by atoms with Gasteiger partial charge in [-0.25, -0.2) is 0 Å². The number of hydrogen-bond acceptors (Lipinski definition) is 2. The first-order valence-corrected chi connectivity index (χ1v) is 8.49. The molecule has 0 fully saturated rings. The van der Waals surface area contributed by atoms with Crippen molar-refractivity contribution in [2.24, 2.45) is 0 Å². The molecule has 1 heterocycles. The Hall–Kier alpha value is -1.18. The van der Waals surface area contributed by atoms with Gasteiger partial charge >= 0.3 is 0 Å². The molecular weight excluding hydrogens is 244 g/mol. The van der Waals surface area contributed by atoms with Gasteiger partial charge in [-0.15, -0.1) is 0 Å². The summed E-state index contributed by atoms with van der Waals surface area (Å²) >= 11 is 0. The Bertz CT molecular complexity index is 375. The minimum atomic E-state index is 1.10. The van der Waals surface area contributed by atoms with Crippen LogP contribution in [0.4, 0.5) is 11.4 Å². The van der Waals surface area contributed by atoms with Crippen molar-refractivity contribution < 1.29 is 0 Å². The molecule has 0 radical (unpaired) electrons. The summed E-state index contributed by atoms with van der Waals surface area (Å²) in [5, 5.41) is 3.54. The Morgan fingerprint density at radius 2 is 1.75 bits per heavy atom. The fourth-order valence-electron chi connectivity index (χ4n) is 3.00. The number of fused-ring (bicyclic) bond motifs is 1. The zero-order valence-corrected chi connectivity index (χ0v) is 13.0. The summed E-state index contributed by atoms with van der Waals surface area (Å²) in [4.78, 5) is 2.57. The molecule has 1 aliphatic rings. The second-order valence-corrected chi connectivity index (χ2v) is 5.91. The monoisotopic (exact) mass is 274 g/mol. The number of unbranched alkanes of at least 4 members (excludes halogenated alkanes) is 6. The molecule has 0 saturated carbocycles. The third-order valence-electron chi connectivity index (χ3n) is 4.20. The maximum atomic E-state index is 3.54. The zero-order valence-electron chi connectivity index (χ0n) is 13.0. The highest BCUT2D eigenvalue weighted by Crippen LogP contribution is 2.28. The van der Waals surface area contributed by atoms with E-state index in [1.54, 1.807) is 0 Å². The third kappa shape index (κ3) is 4.73. The average molecular weight is 274 g/mol. The first kappa shape index (κ1) is 15.2. The Morgan fingerprint density at radius 1 is 1.00 bits per heavy atom. The fourth-order valence-corrected chi connectivity index (χ4v) is 3.00. The lowest BCUT2D eigenvalue weighted by Crippen LogP contribution is -2.25. The molecule has 1 N–H and O–H groups in total. The minimum absolute atomic E-state index is 1.10. The minimum Gasteiger partial charge on any atom is -0.383 e. The van der Waals surface area contributed by atoms with Gasteiger partial charge in [-0.1, -0.05) is 57.6 Å². The third-order valence-corrected chi connectivity index (χ3v) is 4.20. The van der Waals surface area contributed by atoms with Crippen LogP contribution >= 0.6 is 0 Å². The summed E-state index contributed by atoms with van der Waals surface area (Å²) in [7, 11) is 0. The number of benzene rings is 1. The van der Waals surface area contributed by atoms with Gasteiger partial charge in [0.1, 0.15) is 0 Å². The van der Waals surface area contributed by atoms with Gasteiger partial charge in [0.25, 0.3) is 0 Å². The van der Waals surface area contributed by atoms with Crippen molar-refractivity contribution in [3.8, 4) is 0 Å². The van der Waals surface area contributed by atoms with Crippen LogP contribution in [0.1, 0.15) is 58.3 Å². The fraction of sp³-hybridized carbons (Fsp3) is 0.667. The van der Waals surface area contributed by atoms with E-state index in [4.69, 9.17) is 0 Å². The zero-order chi connectivity index (χ0) is 14.0. The van der Waals surface area contributed by atoms with Crippen molar-refractivity contribution in [2.45, 2.75) is 58.3 Å². The van der Waals surface area contributed by atoms with Crippen molar-refractivity contribution in [1.29, 1.82) is 0 Å². The highest BCUT2D eigenvalue weighted by Gasteiger charge is 2.13. The molecule has 2 rings (SSSR count). The van der Waals surface area contributed by atoms with Crippen molar-refractivity contribution in [2.75, 3.05) is 29.9 Å². The number of nitrogens with one attached hydrogen (secondary N) is 1. The van der Waals surface area contributed by atoms with Crippen LogP contribution in [0.15, 0.2) is 24.3 Å². The van der Waals surface area contributed by atoms with Gasteiger partial charge in [-0.3, -0.25) is 0 Å². The maximum absolute atomic E-state index is 3.54. The van der Waals surface area contributed by atoms with E-state index in [0.717, 1.165) is 6.54 Å². The van der Waals surface area contributed by atoms with E-state index in [0.29, 0.717) is 0 Å². The standard InChI is InChI=1S/C18H30N2/c1-2-3-4-5-6-7-10-15-20-16-11-14-19-17-12-8-9-13-18(17)20/h8-9,12-13,19H,2-7,10-11,14-16H2,1H3. The molecule has 0 bridgehead atoms. The summed E-state index contributed by atoms with van der Waals surface area (Å²) in [6.07, 6.45) is 11.0. The van der Waals surface area contributed by atoms with Gasteiger partial charge in [0.2, 0.25) is 0 Å². The van der Waals surface area contributed by atoms with Crippen molar-refractivity contribution >= 4 is 11.4 Å². The summed E-state index contributed by atoms with van der Waals surface area (Å²) in [5.41, 5.74) is 2.71. The number of nitrogens with zero attached hydrogens (tertiary/aromatic N) is 1. The normalized spacial score (nSPS) is 14.6. The lowest BCUT2D eigenvalue weighted by molar-refractivity contribution is 0.582. The predicted molar refractivity (Wildman–Crippen MR) is 89.8 cm³/mol. The van der Waals surface area contributed by atoms with Crippen LogP contribution in [0.5, 0.6) is 0 Å². The Morgan fingerprint density at radius 3 is 2.60 bits per heavy atom. The lowest BCUT2D eigenvalue weighted by atomic mass is 10.1. The van der Waals surface area contributed by atoms with Crippen LogP contribution in [0.25, 0.3) is 0 Å². The molecule has 1 aromatic carbocycles. The first-order chi connectivity index (χ1) is 9.92. The van der Waals surface area contributed by atoms with Crippen LogP contribution in [-0.2, 0) is 0 Å². The van der Waals surface area contributed by atoms with Gasteiger partial charge in [0, 0.05) is 19.6 Å². The van der Waals surface area contributed by atoms with Crippen molar-refractivity contribution in [3.63, 3.8) is 0 Å². The molecule has 2 heteroatoms. The molecule has 0 amide bonds. The van der Waals surface area contributed by atoms with Crippen LogP contribution in [0.2, 0.25) is 0 Å². The SMILES string of the molecule is CCCCCCCCCN1CCCNc2ccccc21. The van der Waals surface area contributed by atoms with Crippen LogP contribution in [0.3, 0.4) is 0 Å². The second kappa shape index (κ2) is 8.89. The Balaban J connectivity index is 1.72. The topological polar surface area (TPSA) is 15.3 Å². The van der Waals surface area contributed by atoms with E-state index in [1.807, 2.05) is 0 Å². The summed E-state index contributed by atoms with van der Waals surface area (Å²) in [6, 6.07) is 8.75. The molecule has 0 aromatic heterocycles. The van der Waals surface area contributed by atoms with Crippen LogP contribution in [0, 0.1) is 0 Å². The lowest BCUT2D eigenvalue weighted by Gasteiger charge is -2.24. The number of anilines is 2. The quantitative estimate of drug-likeness (QED) is 0.667. The highest BCUT2D eigenvalue weighted by atomic mass is 15.2. The molecule has 20 heavy (non-hydrogen) atoms. The molecule has 0 atom stereocenters. The molecule has 0 spiro atoms. The number of hydrogen-bond donors (Lipinski definition) is 1.